The van der Waals surface area contributed by atoms with Crippen molar-refractivity contribution in [1.82, 2.24) is 15.2 Å². The van der Waals surface area contributed by atoms with E-state index in [1.165, 1.54) is 69.5 Å². The van der Waals surface area contributed by atoms with Gasteiger partial charge in [0.05, 0.1) is 5.01 Å². The van der Waals surface area contributed by atoms with Crippen LogP contribution in [-0.2, 0) is 6.42 Å². The number of hydrogen-bond donors (Lipinski definition) is 1. The molecule has 3 rings (SSSR count). The van der Waals surface area contributed by atoms with Gasteiger partial charge in [0.2, 0.25) is 0 Å². The Morgan fingerprint density at radius 2 is 2.12 bits per heavy atom. The number of nitrogens with zero attached hydrogens (tertiary/aromatic N) is 3. The molecule has 0 bridgehead atoms. The van der Waals surface area contributed by atoms with Gasteiger partial charge in [-0.25, -0.2) is 4.98 Å². The lowest BCUT2D eigenvalue weighted by Gasteiger charge is -2.33. The van der Waals surface area contributed by atoms with E-state index in [4.69, 9.17) is 0 Å². The summed E-state index contributed by atoms with van der Waals surface area (Å²) in [5, 5.41) is 7.00. The standard InChI is InChI=1S/C19H32N4S/c1-16-14-24-17(22-16)8-4-7-12-21-18(20-2)23-13-11-19(15-23)9-5-3-6-10-19/h14H,3-13,15H2,1-2H3,(H,20,21). The molecule has 1 aliphatic carbocycles. The van der Waals surface area contributed by atoms with E-state index in [1.54, 1.807) is 11.3 Å². The lowest BCUT2D eigenvalue weighted by atomic mass is 9.73. The third-order valence-electron chi connectivity index (χ3n) is 5.63. The van der Waals surface area contributed by atoms with E-state index < -0.39 is 0 Å². The van der Waals surface area contributed by atoms with Crippen molar-refractivity contribution < 1.29 is 0 Å². The highest BCUT2D eigenvalue weighted by atomic mass is 32.1. The van der Waals surface area contributed by atoms with Gasteiger partial charge in [-0.05, 0) is 50.9 Å². The number of aliphatic imine (C=N–C) groups is 1. The largest absolute Gasteiger partial charge is 0.356 e. The molecule has 1 aromatic heterocycles. The summed E-state index contributed by atoms with van der Waals surface area (Å²) in [5.41, 5.74) is 1.75. The Kier molecular flexibility index (Phi) is 6.14. The van der Waals surface area contributed by atoms with E-state index in [1.807, 2.05) is 7.05 Å². The monoisotopic (exact) mass is 348 g/mol. The number of thiazole rings is 1. The highest BCUT2D eigenvalue weighted by Crippen LogP contribution is 2.43. The van der Waals surface area contributed by atoms with Crippen LogP contribution in [0.15, 0.2) is 10.4 Å². The molecule has 1 aliphatic heterocycles. The van der Waals surface area contributed by atoms with Gasteiger partial charge in [-0.15, -0.1) is 11.3 Å². The number of guanidine groups is 1. The third-order valence-corrected chi connectivity index (χ3v) is 6.66. The topological polar surface area (TPSA) is 40.5 Å². The Bertz CT molecular complexity index is 545. The molecule has 0 aromatic carbocycles. The molecule has 1 aromatic rings. The SMILES string of the molecule is CN=C(NCCCCc1nc(C)cs1)N1CCC2(CCCCC2)C1. The van der Waals surface area contributed by atoms with E-state index >= 15 is 0 Å². The van der Waals surface area contributed by atoms with Gasteiger partial charge in [-0.3, -0.25) is 4.99 Å². The fourth-order valence-electron chi connectivity index (χ4n) is 4.28. The molecule has 0 unspecified atom stereocenters. The van der Waals surface area contributed by atoms with Crippen molar-refractivity contribution >= 4 is 17.3 Å². The molecule has 2 aliphatic rings. The first kappa shape index (κ1) is 17.7. The van der Waals surface area contributed by atoms with Crippen LogP contribution in [-0.4, -0.2) is 42.5 Å². The van der Waals surface area contributed by atoms with Crippen molar-refractivity contribution in [2.75, 3.05) is 26.7 Å². The van der Waals surface area contributed by atoms with Crippen molar-refractivity contribution in [3.05, 3.63) is 16.1 Å². The van der Waals surface area contributed by atoms with Gasteiger partial charge < -0.3 is 10.2 Å². The predicted octanol–water partition coefficient (Wildman–Crippen LogP) is 4.01. The van der Waals surface area contributed by atoms with Crippen LogP contribution in [0, 0.1) is 12.3 Å². The summed E-state index contributed by atoms with van der Waals surface area (Å²) in [5.74, 6) is 1.11. The first-order valence-corrected chi connectivity index (χ1v) is 10.5. The summed E-state index contributed by atoms with van der Waals surface area (Å²) >= 11 is 1.79. The van der Waals surface area contributed by atoms with E-state index in [2.05, 4.69) is 32.5 Å². The van der Waals surface area contributed by atoms with Gasteiger partial charge in [-0.1, -0.05) is 19.3 Å². The maximum atomic E-state index is 4.54. The van der Waals surface area contributed by atoms with Crippen molar-refractivity contribution in [2.24, 2.45) is 10.4 Å². The van der Waals surface area contributed by atoms with E-state index in [0.29, 0.717) is 5.41 Å². The molecule has 0 atom stereocenters. The van der Waals surface area contributed by atoms with E-state index in [0.717, 1.165) is 24.6 Å². The number of rotatable bonds is 5. The lowest BCUT2D eigenvalue weighted by Crippen LogP contribution is -2.42. The second-order valence-electron chi connectivity index (χ2n) is 7.55. The summed E-state index contributed by atoms with van der Waals surface area (Å²) < 4.78 is 0. The zero-order valence-electron chi connectivity index (χ0n) is 15.3. The number of aromatic nitrogens is 1. The van der Waals surface area contributed by atoms with Crippen molar-refractivity contribution in [3.8, 4) is 0 Å². The van der Waals surface area contributed by atoms with Crippen LogP contribution in [0.3, 0.4) is 0 Å². The predicted molar refractivity (Wildman–Crippen MR) is 103 cm³/mol. The van der Waals surface area contributed by atoms with E-state index in [9.17, 15) is 0 Å². The molecule has 0 amide bonds. The molecule has 1 saturated heterocycles. The van der Waals surface area contributed by atoms with Gasteiger partial charge in [0.25, 0.3) is 0 Å². The molecule has 0 radical (unpaired) electrons. The molecule has 2 heterocycles. The Labute approximate surface area is 150 Å². The molecule has 24 heavy (non-hydrogen) atoms. The quantitative estimate of drug-likeness (QED) is 0.497. The van der Waals surface area contributed by atoms with Crippen LogP contribution in [0.25, 0.3) is 0 Å². The van der Waals surface area contributed by atoms with Gasteiger partial charge >= 0.3 is 0 Å². The molecule has 1 saturated carbocycles. The number of hydrogen-bond acceptors (Lipinski definition) is 3. The summed E-state index contributed by atoms with van der Waals surface area (Å²) in [6.45, 7) is 5.48. The minimum absolute atomic E-state index is 0.596. The fourth-order valence-corrected chi connectivity index (χ4v) is 5.10. The van der Waals surface area contributed by atoms with Gasteiger partial charge in [-0.2, -0.15) is 0 Å². The third kappa shape index (κ3) is 4.50. The lowest BCUT2D eigenvalue weighted by molar-refractivity contribution is 0.203. The minimum Gasteiger partial charge on any atom is -0.356 e. The van der Waals surface area contributed by atoms with Crippen molar-refractivity contribution in [1.29, 1.82) is 0 Å². The first-order valence-electron chi connectivity index (χ1n) is 9.57. The van der Waals surface area contributed by atoms with Crippen LogP contribution in [0.2, 0.25) is 0 Å². The highest BCUT2D eigenvalue weighted by Gasteiger charge is 2.39. The molecule has 1 spiro atoms. The van der Waals surface area contributed by atoms with E-state index in [-0.39, 0.29) is 0 Å². The number of nitrogens with one attached hydrogen (secondary N) is 1. The maximum absolute atomic E-state index is 4.54. The van der Waals surface area contributed by atoms with Crippen molar-refractivity contribution in [3.63, 3.8) is 0 Å². The second kappa shape index (κ2) is 8.32. The van der Waals surface area contributed by atoms with Crippen LogP contribution in [0.4, 0.5) is 0 Å². The Morgan fingerprint density at radius 3 is 2.83 bits per heavy atom. The number of likely N-dealkylation sites (tertiary alicyclic amines) is 1. The normalized spacial score (nSPS) is 20.8. The van der Waals surface area contributed by atoms with Crippen LogP contribution in [0.5, 0.6) is 0 Å². The summed E-state index contributed by atoms with van der Waals surface area (Å²) in [6, 6.07) is 0. The van der Waals surface area contributed by atoms with Gasteiger partial charge in [0.1, 0.15) is 0 Å². The smallest absolute Gasteiger partial charge is 0.193 e. The van der Waals surface area contributed by atoms with Crippen LogP contribution in [0.1, 0.15) is 62.1 Å². The molecular formula is C19H32N4S. The number of unbranched alkanes of at least 4 members (excludes halogenated alkanes) is 1. The van der Waals surface area contributed by atoms with Gasteiger partial charge in [0.15, 0.2) is 5.96 Å². The summed E-state index contributed by atoms with van der Waals surface area (Å²) in [7, 11) is 1.92. The second-order valence-corrected chi connectivity index (χ2v) is 8.49. The molecule has 134 valence electrons. The molecule has 2 fully saturated rings. The summed E-state index contributed by atoms with van der Waals surface area (Å²) in [6.07, 6.45) is 12.0. The molecule has 5 heteroatoms. The average molecular weight is 349 g/mol. The van der Waals surface area contributed by atoms with Crippen molar-refractivity contribution in [2.45, 2.75) is 64.7 Å². The Morgan fingerprint density at radius 1 is 1.29 bits per heavy atom. The Balaban J connectivity index is 1.37. The van der Waals surface area contributed by atoms with Crippen LogP contribution < -0.4 is 5.32 Å². The molecular weight excluding hydrogens is 316 g/mol. The molecule has 4 nitrogen and oxygen atoms in total. The highest BCUT2D eigenvalue weighted by molar-refractivity contribution is 7.09. The van der Waals surface area contributed by atoms with Gasteiger partial charge in [0, 0.05) is 37.8 Å². The first-order chi connectivity index (χ1) is 11.7. The number of aryl methyl sites for hydroxylation is 2. The Hall–Kier alpha value is -1.10. The van der Waals surface area contributed by atoms with Crippen LogP contribution >= 0.6 is 11.3 Å². The zero-order valence-corrected chi connectivity index (χ0v) is 16.1. The minimum atomic E-state index is 0.596. The zero-order chi connectivity index (χ0) is 16.8. The summed E-state index contributed by atoms with van der Waals surface area (Å²) in [4.78, 5) is 11.6. The maximum Gasteiger partial charge on any atom is 0.193 e. The average Bonchev–Trinajstić information content (AvgIpc) is 3.19. The molecule has 1 N–H and O–H groups in total. The fraction of sp³-hybridized carbons (Fsp3) is 0.789.